The van der Waals surface area contributed by atoms with Gasteiger partial charge in [-0.3, -0.25) is 9.36 Å². The number of nitrogens with one attached hydrogen (secondary N) is 1. The van der Waals surface area contributed by atoms with Gasteiger partial charge in [-0.2, -0.15) is 13.2 Å². The smallest absolute Gasteiger partial charge is 0.382 e. The molecule has 10 nitrogen and oxygen atoms in total. The first-order chi connectivity index (χ1) is 17.8. The van der Waals surface area contributed by atoms with E-state index in [4.69, 9.17) is 14.8 Å². The predicted molar refractivity (Wildman–Crippen MR) is 134 cm³/mol. The SMILES string of the molecule is CCOP(=O)(CS(=O)(=O)c1ccc(NC(=O)c2nc(-c3ccc(C(F)(F)F)cc3)cnc2N)cc1)OCC. The van der Waals surface area contributed by atoms with Gasteiger partial charge in [0, 0.05) is 11.3 Å². The van der Waals surface area contributed by atoms with Gasteiger partial charge in [-0.15, -0.1) is 0 Å². The third kappa shape index (κ3) is 7.16. The molecule has 0 saturated carbocycles. The number of aromatic nitrogens is 2. The van der Waals surface area contributed by atoms with Gasteiger partial charge < -0.3 is 20.1 Å². The van der Waals surface area contributed by atoms with E-state index in [1.165, 1.54) is 42.6 Å². The fourth-order valence-electron chi connectivity index (χ4n) is 3.26. The molecule has 2 aromatic carbocycles. The summed E-state index contributed by atoms with van der Waals surface area (Å²) >= 11 is 0. The van der Waals surface area contributed by atoms with Crippen LogP contribution in [0.4, 0.5) is 24.7 Å². The maximum Gasteiger partial charge on any atom is 0.416 e. The molecular weight excluding hydrogens is 548 g/mol. The van der Waals surface area contributed by atoms with Crippen LogP contribution in [0.15, 0.2) is 59.6 Å². The van der Waals surface area contributed by atoms with Gasteiger partial charge >= 0.3 is 13.8 Å². The molecule has 0 atom stereocenters. The van der Waals surface area contributed by atoms with Crippen molar-refractivity contribution in [1.29, 1.82) is 0 Å². The van der Waals surface area contributed by atoms with Gasteiger partial charge in [0.25, 0.3) is 5.91 Å². The quantitative estimate of drug-likeness (QED) is 0.320. The summed E-state index contributed by atoms with van der Waals surface area (Å²) in [6, 6.07) is 9.18. The van der Waals surface area contributed by atoms with E-state index in [0.29, 0.717) is 0 Å². The van der Waals surface area contributed by atoms with Gasteiger partial charge in [0.15, 0.2) is 26.8 Å². The number of rotatable bonds is 10. The molecule has 0 unspecified atom stereocenters. The first kappa shape index (κ1) is 29.2. The minimum atomic E-state index is -4.50. The number of nitrogens with zero attached hydrogens (tertiary/aromatic N) is 2. The Kier molecular flexibility index (Phi) is 8.93. The number of nitrogen functional groups attached to an aromatic ring is 1. The second kappa shape index (κ2) is 11.6. The number of benzene rings is 2. The third-order valence-corrected chi connectivity index (χ3v) is 9.89. The van der Waals surface area contributed by atoms with E-state index in [1.807, 2.05) is 0 Å². The monoisotopic (exact) mass is 572 g/mol. The first-order valence-corrected chi connectivity index (χ1v) is 14.5. The van der Waals surface area contributed by atoms with Crippen molar-refractivity contribution in [3.05, 3.63) is 66.0 Å². The van der Waals surface area contributed by atoms with E-state index in [9.17, 15) is 30.9 Å². The average Bonchev–Trinajstić information content (AvgIpc) is 2.84. The molecule has 0 bridgehead atoms. The van der Waals surface area contributed by atoms with E-state index < -0.39 is 40.6 Å². The maximum absolute atomic E-state index is 12.8. The molecule has 3 N–H and O–H groups in total. The lowest BCUT2D eigenvalue weighted by Crippen LogP contribution is -2.17. The second-order valence-electron chi connectivity index (χ2n) is 7.73. The Morgan fingerprint density at radius 3 is 2.13 bits per heavy atom. The first-order valence-electron chi connectivity index (χ1n) is 11.1. The van der Waals surface area contributed by atoms with Gasteiger partial charge in [-0.1, -0.05) is 12.1 Å². The molecule has 0 aliphatic carbocycles. The van der Waals surface area contributed by atoms with Gasteiger partial charge in [0.1, 0.15) is 0 Å². The average molecular weight is 573 g/mol. The van der Waals surface area contributed by atoms with E-state index in [0.717, 1.165) is 12.1 Å². The summed E-state index contributed by atoms with van der Waals surface area (Å²) in [5, 5.41) is 2.51. The number of halogens is 3. The predicted octanol–water partition coefficient (Wildman–Crippen LogP) is 4.99. The van der Waals surface area contributed by atoms with Crippen LogP contribution in [-0.2, 0) is 29.6 Å². The number of amides is 1. The molecule has 1 amide bonds. The van der Waals surface area contributed by atoms with Crippen LogP contribution in [0.25, 0.3) is 11.3 Å². The number of sulfone groups is 1. The van der Waals surface area contributed by atoms with Crippen LogP contribution in [0.3, 0.4) is 0 Å². The Labute approximate surface area is 216 Å². The van der Waals surface area contributed by atoms with Crippen LogP contribution in [0.5, 0.6) is 0 Å². The van der Waals surface area contributed by atoms with Crippen molar-refractivity contribution in [2.45, 2.75) is 24.9 Å². The van der Waals surface area contributed by atoms with Crippen molar-refractivity contribution in [3.63, 3.8) is 0 Å². The molecule has 38 heavy (non-hydrogen) atoms. The molecule has 3 rings (SSSR count). The number of hydrogen-bond donors (Lipinski definition) is 2. The lowest BCUT2D eigenvalue weighted by atomic mass is 10.1. The summed E-state index contributed by atoms with van der Waals surface area (Å²) in [5.74, 6) is -1.00. The summed E-state index contributed by atoms with van der Waals surface area (Å²) in [5.41, 5.74) is 4.39. The number of nitrogens with two attached hydrogens (primary N) is 1. The largest absolute Gasteiger partial charge is 0.416 e. The van der Waals surface area contributed by atoms with Gasteiger partial charge in [0.2, 0.25) is 0 Å². The minimum absolute atomic E-state index is 0.00383. The van der Waals surface area contributed by atoms with Crippen molar-refractivity contribution in [2.75, 3.05) is 29.8 Å². The Morgan fingerprint density at radius 1 is 1.03 bits per heavy atom. The Bertz CT molecular complexity index is 1440. The van der Waals surface area contributed by atoms with E-state index in [-0.39, 0.29) is 46.6 Å². The number of alkyl halides is 3. The molecule has 0 fully saturated rings. The molecule has 15 heteroatoms. The summed E-state index contributed by atoms with van der Waals surface area (Å²) in [7, 11) is -7.92. The molecule has 0 aliphatic rings. The van der Waals surface area contributed by atoms with Crippen LogP contribution >= 0.6 is 7.60 Å². The van der Waals surface area contributed by atoms with Crippen LogP contribution in [0.2, 0.25) is 0 Å². The molecular formula is C23H24F3N4O6PS. The zero-order valence-electron chi connectivity index (χ0n) is 20.2. The van der Waals surface area contributed by atoms with Crippen LogP contribution in [0, 0.1) is 0 Å². The van der Waals surface area contributed by atoms with Gasteiger partial charge in [0.05, 0.1) is 35.6 Å². The highest BCUT2D eigenvalue weighted by Crippen LogP contribution is 2.50. The van der Waals surface area contributed by atoms with Crippen molar-refractivity contribution in [3.8, 4) is 11.3 Å². The summed E-state index contributed by atoms with van der Waals surface area (Å²) < 4.78 is 86.7. The topological polar surface area (TPSA) is 151 Å². The van der Waals surface area contributed by atoms with E-state index in [1.54, 1.807) is 13.8 Å². The van der Waals surface area contributed by atoms with E-state index >= 15 is 0 Å². The molecule has 204 valence electrons. The Hall–Kier alpha value is -3.32. The fraction of sp³-hybridized carbons (Fsp3) is 0.261. The molecule has 0 aliphatic heterocycles. The number of carbonyl (C=O) groups excluding carboxylic acids is 1. The van der Waals surface area contributed by atoms with Gasteiger partial charge in [-0.25, -0.2) is 18.4 Å². The summed E-state index contributed by atoms with van der Waals surface area (Å²) in [4.78, 5) is 20.6. The standard InChI is InChI=1S/C23H24F3N4O6PS/c1-3-35-37(32,36-4-2)14-38(33,34)18-11-9-17(10-12-18)29-22(31)20-21(27)28-13-19(30-20)15-5-7-16(8-6-15)23(24,25)26/h5-13H,3-4,14H2,1-2H3,(H2,27,28)(H,29,31). The lowest BCUT2D eigenvalue weighted by Gasteiger charge is -2.17. The molecule has 0 radical (unpaired) electrons. The maximum atomic E-state index is 12.8. The highest BCUT2D eigenvalue weighted by molar-refractivity contribution is 7.97. The van der Waals surface area contributed by atoms with Crippen LogP contribution < -0.4 is 11.1 Å². The summed E-state index contributed by atoms with van der Waals surface area (Å²) in [6.07, 6.45) is -3.28. The second-order valence-corrected chi connectivity index (χ2v) is 12.2. The number of carbonyl (C=O) groups is 1. The molecule has 0 saturated heterocycles. The molecule has 3 aromatic rings. The zero-order chi connectivity index (χ0) is 28.1. The van der Waals surface area contributed by atoms with Crippen molar-refractivity contribution in [1.82, 2.24) is 9.97 Å². The lowest BCUT2D eigenvalue weighted by molar-refractivity contribution is -0.137. The van der Waals surface area contributed by atoms with Crippen LogP contribution in [0.1, 0.15) is 29.9 Å². The number of anilines is 2. The molecule has 1 heterocycles. The Balaban J connectivity index is 1.78. The zero-order valence-corrected chi connectivity index (χ0v) is 21.9. The molecule has 0 spiro atoms. The Morgan fingerprint density at radius 2 is 1.61 bits per heavy atom. The van der Waals surface area contributed by atoms with Crippen molar-refractivity contribution < 1.29 is 40.0 Å². The normalized spacial score (nSPS) is 12.3. The number of hydrogen-bond acceptors (Lipinski definition) is 9. The fourth-order valence-corrected chi connectivity index (χ4v) is 7.53. The highest BCUT2D eigenvalue weighted by atomic mass is 32.2. The molecule has 1 aromatic heterocycles. The van der Waals surface area contributed by atoms with Crippen LogP contribution in [-0.4, -0.2) is 43.0 Å². The third-order valence-electron chi connectivity index (χ3n) is 4.97. The minimum Gasteiger partial charge on any atom is -0.382 e. The summed E-state index contributed by atoms with van der Waals surface area (Å²) in [6.45, 7) is 3.13. The van der Waals surface area contributed by atoms with Gasteiger partial charge in [-0.05, 0) is 50.2 Å². The van der Waals surface area contributed by atoms with E-state index in [2.05, 4.69) is 15.3 Å². The van der Waals surface area contributed by atoms with Crippen molar-refractivity contribution >= 4 is 34.8 Å². The highest BCUT2D eigenvalue weighted by Gasteiger charge is 2.33. The van der Waals surface area contributed by atoms with Crippen molar-refractivity contribution in [2.24, 2.45) is 0 Å².